The molecule has 102 valence electrons. The molecule has 1 aromatic heterocycles. The first kappa shape index (κ1) is 13.3. The highest BCUT2D eigenvalue weighted by Crippen LogP contribution is 2.18. The van der Waals surface area contributed by atoms with E-state index in [4.69, 9.17) is 5.73 Å². The molecule has 1 aromatic rings. The fraction of sp³-hybridized carbons (Fsp3) is 0.500. The lowest BCUT2D eigenvalue weighted by atomic mass is 10.3. The molecule has 0 bridgehead atoms. The fourth-order valence-electron chi connectivity index (χ4n) is 1.55. The van der Waals surface area contributed by atoms with Crippen LogP contribution in [0, 0.1) is 0 Å². The minimum absolute atomic E-state index is 0.0967. The number of rotatable bonds is 7. The van der Waals surface area contributed by atoms with Gasteiger partial charge in [0.25, 0.3) is 5.91 Å². The zero-order valence-corrected chi connectivity index (χ0v) is 10.6. The quantitative estimate of drug-likeness (QED) is 0.602. The highest BCUT2D eigenvalue weighted by molar-refractivity contribution is 5.90. The van der Waals surface area contributed by atoms with Crippen molar-refractivity contribution < 1.29 is 9.59 Å². The van der Waals surface area contributed by atoms with E-state index in [2.05, 4.69) is 20.8 Å². The number of anilines is 1. The maximum absolute atomic E-state index is 11.4. The summed E-state index contributed by atoms with van der Waals surface area (Å²) < 4.78 is 0. The molecule has 0 spiro atoms. The van der Waals surface area contributed by atoms with Crippen molar-refractivity contribution >= 4 is 17.6 Å². The summed E-state index contributed by atoms with van der Waals surface area (Å²) in [4.78, 5) is 22.2. The Balaban J connectivity index is 1.64. The summed E-state index contributed by atoms with van der Waals surface area (Å²) in [7, 11) is 0. The summed E-state index contributed by atoms with van der Waals surface area (Å²) in [6, 6.07) is 3.56. The van der Waals surface area contributed by atoms with Crippen molar-refractivity contribution in [1.82, 2.24) is 15.5 Å². The summed E-state index contributed by atoms with van der Waals surface area (Å²) >= 11 is 0. The van der Waals surface area contributed by atoms with Gasteiger partial charge in [-0.15, -0.1) is 10.2 Å². The summed E-state index contributed by atoms with van der Waals surface area (Å²) in [6.07, 6.45) is 3.42. The maximum Gasteiger partial charge on any atom is 0.269 e. The number of primary amides is 1. The lowest BCUT2D eigenvalue weighted by Gasteiger charge is -2.05. The van der Waals surface area contributed by atoms with Crippen molar-refractivity contribution in [3.05, 3.63) is 17.8 Å². The first-order chi connectivity index (χ1) is 9.15. The van der Waals surface area contributed by atoms with Crippen LogP contribution in [-0.4, -0.2) is 34.6 Å². The van der Waals surface area contributed by atoms with Crippen LogP contribution >= 0.6 is 0 Å². The van der Waals surface area contributed by atoms with Crippen LogP contribution in [0.3, 0.4) is 0 Å². The van der Waals surface area contributed by atoms with Gasteiger partial charge in [0.15, 0.2) is 5.69 Å². The molecule has 2 rings (SSSR count). The van der Waals surface area contributed by atoms with Gasteiger partial charge < -0.3 is 16.4 Å². The van der Waals surface area contributed by atoms with Gasteiger partial charge in [-0.1, -0.05) is 0 Å². The van der Waals surface area contributed by atoms with Crippen LogP contribution in [0.15, 0.2) is 12.1 Å². The molecule has 2 amide bonds. The molecule has 7 heteroatoms. The van der Waals surface area contributed by atoms with Crippen molar-refractivity contribution in [2.75, 3.05) is 11.9 Å². The van der Waals surface area contributed by atoms with E-state index in [1.54, 1.807) is 6.07 Å². The number of carbonyl (C=O) groups excluding carboxylic acids is 2. The predicted molar refractivity (Wildman–Crippen MR) is 69.4 cm³/mol. The molecule has 0 unspecified atom stereocenters. The first-order valence-electron chi connectivity index (χ1n) is 6.32. The molecule has 4 N–H and O–H groups in total. The normalized spacial score (nSPS) is 13.9. The van der Waals surface area contributed by atoms with E-state index >= 15 is 0 Å². The van der Waals surface area contributed by atoms with E-state index < -0.39 is 5.91 Å². The Morgan fingerprint density at radius 3 is 2.68 bits per heavy atom. The van der Waals surface area contributed by atoms with E-state index in [1.165, 1.54) is 6.07 Å². The van der Waals surface area contributed by atoms with Gasteiger partial charge in [0.1, 0.15) is 5.82 Å². The Labute approximate surface area is 111 Å². The molecule has 19 heavy (non-hydrogen) atoms. The van der Waals surface area contributed by atoms with Gasteiger partial charge in [-0.3, -0.25) is 9.59 Å². The van der Waals surface area contributed by atoms with Gasteiger partial charge in [0.05, 0.1) is 0 Å². The van der Waals surface area contributed by atoms with Gasteiger partial charge in [0.2, 0.25) is 5.91 Å². The summed E-state index contributed by atoms with van der Waals surface area (Å²) in [6.45, 7) is 0.628. The molecule has 0 radical (unpaired) electrons. The highest BCUT2D eigenvalue weighted by Gasteiger charge is 2.22. The minimum atomic E-state index is -0.601. The number of carbonyl (C=O) groups is 2. The topological polar surface area (TPSA) is 110 Å². The smallest absolute Gasteiger partial charge is 0.269 e. The number of hydrogen-bond donors (Lipinski definition) is 3. The van der Waals surface area contributed by atoms with Crippen LogP contribution in [0.5, 0.6) is 0 Å². The Morgan fingerprint density at radius 2 is 2.11 bits per heavy atom. The minimum Gasteiger partial charge on any atom is -0.369 e. The zero-order chi connectivity index (χ0) is 13.7. The Kier molecular flexibility index (Phi) is 4.27. The third-order valence-corrected chi connectivity index (χ3v) is 2.75. The van der Waals surface area contributed by atoms with Crippen molar-refractivity contribution in [3.63, 3.8) is 0 Å². The molecule has 0 saturated heterocycles. The number of nitrogens with one attached hydrogen (secondary N) is 2. The lowest BCUT2D eigenvalue weighted by Crippen LogP contribution is -2.25. The molecule has 0 atom stereocenters. The summed E-state index contributed by atoms with van der Waals surface area (Å²) in [5, 5.41) is 13.4. The molecular weight excluding hydrogens is 246 g/mol. The Hall–Kier alpha value is -2.18. The van der Waals surface area contributed by atoms with Gasteiger partial charge >= 0.3 is 0 Å². The Morgan fingerprint density at radius 1 is 1.32 bits per heavy atom. The van der Waals surface area contributed by atoms with Crippen LogP contribution in [0.2, 0.25) is 0 Å². The molecule has 1 fully saturated rings. The second-order valence-corrected chi connectivity index (χ2v) is 4.54. The maximum atomic E-state index is 11.4. The molecule has 1 aliphatic rings. The van der Waals surface area contributed by atoms with E-state index in [1.807, 2.05) is 0 Å². The number of hydrogen-bond acceptors (Lipinski definition) is 5. The largest absolute Gasteiger partial charge is 0.369 e. The van der Waals surface area contributed by atoms with E-state index in [-0.39, 0.29) is 11.6 Å². The van der Waals surface area contributed by atoms with Gasteiger partial charge in [-0.2, -0.15) is 0 Å². The number of amides is 2. The average Bonchev–Trinajstić information content (AvgIpc) is 3.19. The highest BCUT2D eigenvalue weighted by atomic mass is 16.2. The van der Waals surface area contributed by atoms with Crippen LogP contribution in [0.4, 0.5) is 5.82 Å². The van der Waals surface area contributed by atoms with Crippen molar-refractivity contribution in [2.45, 2.75) is 31.7 Å². The van der Waals surface area contributed by atoms with Crippen LogP contribution < -0.4 is 16.4 Å². The second-order valence-electron chi connectivity index (χ2n) is 4.54. The zero-order valence-electron chi connectivity index (χ0n) is 10.6. The van der Waals surface area contributed by atoms with Crippen molar-refractivity contribution in [3.8, 4) is 0 Å². The fourth-order valence-corrected chi connectivity index (χ4v) is 1.55. The summed E-state index contributed by atoms with van der Waals surface area (Å²) in [5.41, 5.74) is 5.19. The second kappa shape index (κ2) is 6.12. The molecular formula is C12H17N5O2. The van der Waals surface area contributed by atoms with Gasteiger partial charge in [0, 0.05) is 19.0 Å². The number of nitrogens with zero attached hydrogens (tertiary/aromatic N) is 2. The Bertz CT molecular complexity index is 456. The van der Waals surface area contributed by atoms with Crippen LogP contribution in [0.1, 0.15) is 36.2 Å². The van der Waals surface area contributed by atoms with Crippen molar-refractivity contribution in [2.24, 2.45) is 5.73 Å². The van der Waals surface area contributed by atoms with E-state index in [0.29, 0.717) is 24.8 Å². The van der Waals surface area contributed by atoms with Crippen LogP contribution in [-0.2, 0) is 4.79 Å². The third-order valence-electron chi connectivity index (χ3n) is 2.75. The predicted octanol–water partition coefficient (Wildman–Crippen LogP) is 0.0462. The lowest BCUT2D eigenvalue weighted by molar-refractivity contribution is -0.121. The monoisotopic (exact) mass is 263 g/mol. The molecule has 1 aliphatic carbocycles. The average molecular weight is 263 g/mol. The third kappa shape index (κ3) is 4.53. The van der Waals surface area contributed by atoms with E-state index in [9.17, 15) is 9.59 Å². The molecule has 1 heterocycles. The van der Waals surface area contributed by atoms with E-state index in [0.717, 1.165) is 19.3 Å². The van der Waals surface area contributed by atoms with Crippen molar-refractivity contribution in [1.29, 1.82) is 0 Å². The molecule has 0 aliphatic heterocycles. The molecule has 1 saturated carbocycles. The van der Waals surface area contributed by atoms with Gasteiger partial charge in [-0.05, 0) is 31.4 Å². The molecule has 0 aromatic carbocycles. The van der Waals surface area contributed by atoms with Gasteiger partial charge in [-0.25, -0.2) is 0 Å². The first-order valence-corrected chi connectivity index (χ1v) is 6.32. The van der Waals surface area contributed by atoms with Crippen LogP contribution in [0.25, 0.3) is 0 Å². The SMILES string of the molecule is NC(=O)c1ccc(NCCCC(=O)NC2CC2)nn1. The summed E-state index contributed by atoms with van der Waals surface area (Å²) in [5.74, 6) is 0.0582. The number of aromatic nitrogens is 2. The standard InChI is InChI=1S/C12H17N5O2/c13-12(19)9-5-6-10(17-16-9)14-7-1-2-11(18)15-8-3-4-8/h5-6,8H,1-4,7H2,(H2,13,19)(H,14,17)(H,15,18). The molecule has 7 nitrogen and oxygen atoms in total. The number of nitrogens with two attached hydrogens (primary N) is 1.